The summed E-state index contributed by atoms with van der Waals surface area (Å²) in [6.07, 6.45) is 8.14. The van der Waals surface area contributed by atoms with Gasteiger partial charge >= 0.3 is 11.6 Å². The fourth-order valence-corrected chi connectivity index (χ4v) is 8.62. The molecule has 4 aromatic rings. The topological polar surface area (TPSA) is 172 Å². The van der Waals surface area contributed by atoms with Gasteiger partial charge < -0.3 is 21.1 Å². The maximum absolute atomic E-state index is 15.1. The van der Waals surface area contributed by atoms with E-state index in [0.29, 0.717) is 40.5 Å². The van der Waals surface area contributed by atoms with E-state index in [0.717, 1.165) is 29.8 Å². The molecule has 4 N–H and O–H groups in total. The van der Waals surface area contributed by atoms with E-state index in [9.17, 15) is 19.5 Å². The fourth-order valence-electron chi connectivity index (χ4n) is 6.29. The number of ketones is 1. The number of β-lactam (4-membered cyclic amide) rings is 1. The Morgan fingerprint density at radius 1 is 1.27 bits per heavy atom. The lowest BCUT2D eigenvalue weighted by atomic mass is 9.89. The fraction of sp³-hybridized carbons (Fsp3) is 0.344. The van der Waals surface area contributed by atoms with E-state index in [4.69, 9.17) is 27.6 Å². The van der Waals surface area contributed by atoms with Crippen LogP contribution in [0.5, 0.6) is 0 Å². The minimum Gasteiger partial charge on any atom is -0.477 e. The summed E-state index contributed by atoms with van der Waals surface area (Å²) >= 11 is 8.55. The quantitative estimate of drug-likeness (QED) is 0.0805. The van der Waals surface area contributed by atoms with E-state index < -0.39 is 29.0 Å². The summed E-state index contributed by atoms with van der Waals surface area (Å²) in [5.74, 6) is -2.52. The number of aliphatic carboxylic acids is 1. The van der Waals surface area contributed by atoms with Gasteiger partial charge in [-0.15, -0.1) is 16.3 Å². The van der Waals surface area contributed by atoms with Crippen LogP contribution in [0.1, 0.15) is 42.5 Å². The van der Waals surface area contributed by atoms with Crippen LogP contribution in [-0.2, 0) is 32.3 Å². The Labute approximate surface area is 292 Å². The number of halogens is 2. The molecule has 254 valence electrons. The minimum atomic E-state index is -1.24. The molecule has 1 aromatic carbocycles. The summed E-state index contributed by atoms with van der Waals surface area (Å²) < 4.78 is 20.8. The molecule has 0 unspecified atom stereocenters. The van der Waals surface area contributed by atoms with Crippen molar-refractivity contribution in [3.8, 4) is 0 Å². The van der Waals surface area contributed by atoms with E-state index in [1.807, 2.05) is 32.2 Å². The number of thiazole rings is 1. The molecule has 5 heterocycles. The number of aromatic nitrogens is 4. The first-order valence-corrected chi connectivity index (χ1v) is 17.7. The van der Waals surface area contributed by atoms with Gasteiger partial charge in [0.2, 0.25) is 5.91 Å². The summed E-state index contributed by atoms with van der Waals surface area (Å²) in [6, 6.07) is 6.81. The number of carboxylic acid groups (broad SMARTS) is 1. The SMILES string of the molecule is CO/N=C(\C(=O)C[C@@H]1C(=O)N2C(C(=O)O)=C(Cn3ccc4n3cc[n+]4Cc3ccc(C(=N)CC4CC4)cc3F)CS[C@H]12)c1nc(N)sc1Cl. The Morgan fingerprint density at radius 2 is 2.06 bits per heavy atom. The van der Waals surface area contributed by atoms with E-state index in [1.165, 1.54) is 29.8 Å². The van der Waals surface area contributed by atoms with Gasteiger partial charge in [-0.3, -0.25) is 14.5 Å². The number of fused-ring (bicyclic) bond motifs is 2. The normalized spacial score (nSPS) is 19.3. The lowest BCUT2D eigenvalue weighted by molar-refractivity contribution is -0.662. The number of amides is 1. The molecule has 3 aromatic heterocycles. The highest BCUT2D eigenvalue weighted by molar-refractivity contribution is 8.00. The predicted octanol–water partition coefficient (Wildman–Crippen LogP) is 3.96. The summed E-state index contributed by atoms with van der Waals surface area (Å²) in [6.45, 7) is 0.456. The summed E-state index contributed by atoms with van der Waals surface area (Å²) in [4.78, 5) is 49.3. The predicted molar refractivity (Wildman–Crippen MR) is 181 cm³/mol. The first-order valence-electron chi connectivity index (χ1n) is 15.4. The van der Waals surface area contributed by atoms with Gasteiger partial charge in [0.1, 0.15) is 41.4 Å². The van der Waals surface area contributed by atoms with Crippen LogP contribution in [0.4, 0.5) is 9.52 Å². The average Bonchev–Trinajstić information content (AvgIpc) is 3.50. The van der Waals surface area contributed by atoms with Gasteiger partial charge in [-0.1, -0.05) is 40.2 Å². The smallest absolute Gasteiger partial charge is 0.352 e. The largest absolute Gasteiger partial charge is 0.477 e. The van der Waals surface area contributed by atoms with Crippen LogP contribution < -0.4 is 10.3 Å². The molecule has 1 saturated carbocycles. The Hall–Kier alpha value is -4.54. The van der Waals surface area contributed by atoms with Crippen molar-refractivity contribution in [2.24, 2.45) is 17.0 Å². The third-order valence-corrected chi connectivity index (χ3v) is 11.4. The summed E-state index contributed by atoms with van der Waals surface area (Å²) in [5, 5.41) is 21.9. The number of carboxylic acids is 1. The van der Waals surface area contributed by atoms with Crippen molar-refractivity contribution < 1.29 is 33.3 Å². The first kappa shape index (κ1) is 33.0. The molecular formula is C32H31ClFN8O5S2+. The summed E-state index contributed by atoms with van der Waals surface area (Å²) in [7, 11) is 1.27. The van der Waals surface area contributed by atoms with E-state index >= 15 is 4.39 Å². The molecule has 49 heavy (non-hydrogen) atoms. The number of Topliss-reactive ketones (excluding diaryl/α,β-unsaturated/α-hetero) is 1. The van der Waals surface area contributed by atoms with Gasteiger partial charge in [0.25, 0.3) is 0 Å². The number of anilines is 1. The average molecular weight is 726 g/mol. The highest BCUT2D eigenvalue weighted by Gasteiger charge is 2.54. The molecule has 1 saturated heterocycles. The molecule has 1 amide bonds. The van der Waals surface area contributed by atoms with Crippen molar-refractivity contribution in [2.75, 3.05) is 18.6 Å². The van der Waals surface area contributed by atoms with Crippen LogP contribution in [-0.4, -0.2) is 71.5 Å². The number of nitrogen functional groups attached to an aromatic ring is 1. The Morgan fingerprint density at radius 3 is 2.73 bits per heavy atom. The number of thioether (sulfide) groups is 1. The number of hydrogen-bond acceptors (Lipinski definition) is 10. The zero-order valence-corrected chi connectivity index (χ0v) is 28.5. The molecule has 2 fully saturated rings. The highest BCUT2D eigenvalue weighted by atomic mass is 35.5. The molecule has 7 rings (SSSR count). The Kier molecular flexibility index (Phi) is 8.79. The van der Waals surface area contributed by atoms with Crippen LogP contribution >= 0.6 is 34.7 Å². The van der Waals surface area contributed by atoms with Crippen molar-refractivity contribution in [3.63, 3.8) is 0 Å². The second kappa shape index (κ2) is 13.1. The van der Waals surface area contributed by atoms with Crippen LogP contribution in [0.3, 0.4) is 0 Å². The third-order valence-electron chi connectivity index (χ3n) is 8.91. The molecule has 0 bridgehead atoms. The van der Waals surface area contributed by atoms with E-state index in [2.05, 4.69) is 10.1 Å². The molecule has 2 atom stereocenters. The van der Waals surface area contributed by atoms with E-state index in [-0.39, 0.29) is 51.9 Å². The van der Waals surface area contributed by atoms with Crippen LogP contribution in [0.15, 0.2) is 59.3 Å². The number of hydrogen-bond donors (Lipinski definition) is 3. The van der Waals surface area contributed by atoms with Crippen molar-refractivity contribution in [1.29, 1.82) is 5.41 Å². The van der Waals surface area contributed by atoms with Crippen molar-refractivity contribution >= 4 is 74.6 Å². The van der Waals surface area contributed by atoms with Gasteiger partial charge in [0.05, 0.1) is 30.1 Å². The first-order chi connectivity index (χ1) is 23.5. The second-order valence-corrected chi connectivity index (χ2v) is 14.9. The number of nitrogens with two attached hydrogens (primary N) is 1. The van der Waals surface area contributed by atoms with Gasteiger partial charge in [-0.2, -0.15) is 0 Å². The molecule has 0 radical (unpaired) electrons. The molecular weight excluding hydrogens is 695 g/mol. The van der Waals surface area contributed by atoms with Crippen molar-refractivity contribution in [3.05, 3.63) is 81.1 Å². The highest BCUT2D eigenvalue weighted by Crippen LogP contribution is 2.45. The summed E-state index contributed by atoms with van der Waals surface area (Å²) in [5.41, 5.74) is 8.39. The van der Waals surface area contributed by atoms with Gasteiger partial charge in [0.15, 0.2) is 22.8 Å². The number of carbonyl (C=O) groups excluding carboxylic acids is 2. The maximum atomic E-state index is 15.1. The number of benzene rings is 1. The Balaban J connectivity index is 1.06. The standard InChI is InChI=1S/C32H30ClFN8O5S2/c1-47-38-25(26-28(33)49-32(36)37-26)23(43)12-20-29(44)42-27(31(45)46)19(15-48-30(20)42)14-40-7-6-24-39(8-9-41(24)40)13-18-5-4-17(11-21(18)34)22(35)10-16-2-3-16/h4-9,11,16,20,30,35H,2-3,10,12-15H2,1H3,(H2-,36,37,45,46)/p+1/b35-22?,38-25+/t20-,30-/m1/s1. The monoisotopic (exact) mass is 725 g/mol. The lowest BCUT2D eigenvalue weighted by Gasteiger charge is -2.49. The van der Waals surface area contributed by atoms with E-state index in [1.54, 1.807) is 18.3 Å². The number of rotatable bonds is 13. The molecule has 13 nitrogen and oxygen atoms in total. The molecule has 17 heteroatoms. The Bertz CT molecular complexity index is 2100. The minimum absolute atomic E-state index is 0.0669. The molecule has 1 aliphatic carbocycles. The maximum Gasteiger partial charge on any atom is 0.352 e. The second-order valence-electron chi connectivity index (χ2n) is 12.2. The van der Waals surface area contributed by atoms with Crippen LogP contribution in [0.25, 0.3) is 5.65 Å². The molecule has 0 spiro atoms. The number of oxime groups is 1. The van der Waals surface area contributed by atoms with Crippen molar-refractivity contribution in [2.45, 2.75) is 44.1 Å². The molecule has 2 aliphatic heterocycles. The third kappa shape index (κ3) is 6.24. The number of carbonyl (C=O) groups is 3. The van der Waals surface area contributed by atoms with Gasteiger partial charge in [-0.05, 0) is 42.4 Å². The van der Waals surface area contributed by atoms with Gasteiger partial charge in [0, 0.05) is 23.4 Å². The molecule has 3 aliphatic rings. The zero-order chi connectivity index (χ0) is 34.6. The number of nitrogens with zero attached hydrogens (tertiary/aromatic N) is 6. The van der Waals surface area contributed by atoms with Crippen molar-refractivity contribution in [1.82, 2.24) is 19.1 Å². The number of nitrogens with one attached hydrogen (secondary N) is 1. The number of imidazole rings is 1. The van der Waals surface area contributed by atoms with Gasteiger partial charge in [-0.25, -0.2) is 23.4 Å². The lowest BCUT2D eigenvalue weighted by Crippen LogP contribution is -2.62. The van der Waals surface area contributed by atoms with Crippen LogP contribution in [0.2, 0.25) is 4.34 Å². The van der Waals surface area contributed by atoms with Crippen LogP contribution in [0, 0.1) is 23.1 Å². The zero-order valence-electron chi connectivity index (χ0n) is 26.1.